The van der Waals surface area contributed by atoms with Crippen LogP contribution < -0.4 is 4.90 Å². The van der Waals surface area contributed by atoms with E-state index in [0.717, 1.165) is 12.3 Å². The molecular weight excluding hydrogens is 475 g/mol. The number of carbonyl (C=O) groups is 1. The average Bonchev–Trinajstić information content (AvgIpc) is 2.76. The van der Waals surface area contributed by atoms with Crippen molar-refractivity contribution in [3.05, 3.63) is 77.4 Å². The number of anilines is 2. The summed E-state index contributed by atoms with van der Waals surface area (Å²) in [7, 11) is -2.07. The quantitative estimate of drug-likeness (QED) is 0.367. The van der Waals surface area contributed by atoms with E-state index in [0.29, 0.717) is 28.9 Å². The molecule has 0 aliphatic carbocycles. The Morgan fingerprint density at radius 1 is 1.03 bits per heavy atom. The van der Waals surface area contributed by atoms with Crippen LogP contribution in [0.15, 0.2) is 65.6 Å². The molecule has 0 bridgehead atoms. The third kappa shape index (κ3) is 5.23. The number of hydrogen-bond acceptors (Lipinski definition) is 4. The van der Waals surface area contributed by atoms with Crippen LogP contribution in [0.4, 0.5) is 24.5 Å². The molecule has 0 aliphatic heterocycles. The number of nitrogens with zero attached hydrogens (tertiary/aromatic N) is 1. The Bertz CT molecular complexity index is 1300. The van der Waals surface area contributed by atoms with E-state index in [9.17, 15) is 26.4 Å². The van der Waals surface area contributed by atoms with Gasteiger partial charge in [-0.2, -0.15) is 13.2 Å². The van der Waals surface area contributed by atoms with Gasteiger partial charge in [0.2, 0.25) is 0 Å². The van der Waals surface area contributed by atoms with E-state index >= 15 is 0 Å². The van der Waals surface area contributed by atoms with E-state index in [1.807, 2.05) is 6.92 Å². The molecule has 33 heavy (non-hydrogen) atoms. The Hall–Kier alpha value is -2.84. The Morgan fingerprint density at radius 3 is 2.15 bits per heavy atom. The van der Waals surface area contributed by atoms with Crippen molar-refractivity contribution in [2.75, 3.05) is 18.2 Å². The Labute approximate surface area is 195 Å². The van der Waals surface area contributed by atoms with Crippen LogP contribution >= 0.6 is 11.6 Å². The maximum absolute atomic E-state index is 13.4. The van der Waals surface area contributed by atoms with E-state index in [1.54, 1.807) is 42.3 Å². The minimum Gasteiger partial charge on any atom is -0.344 e. The highest BCUT2D eigenvalue weighted by atomic mass is 35.5. The molecule has 0 spiro atoms. The van der Waals surface area contributed by atoms with Gasteiger partial charge in [0.15, 0.2) is 9.84 Å². The number of benzene rings is 3. The van der Waals surface area contributed by atoms with Crippen molar-refractivity contribution in [2.45, 2.75) is 24.4 Å². The van der Waals surface area contributed by atoms with Crippen molar-refractivity contribution >= 4 is 38.1 Å². The van der Waals surface area contributed by atoms with Crippen LogP contribution in [0, 0.1) is 0 Å². The van der Waals surface area contributed by atoms with Crippen LogP contribution in [0.5, 0.6) is 0 Å². The summed E-state index contributed by atoms with van der Waals surface area (Å²) in [6.45, 7) is 1.81. The zero-order valence-corrected chi connectivity index (χ0v) is 19.6. The molecular formula is C24H21ClF3NO3S. The summed E-state index contributed by atoms with van der Waals surface area (Å²) in [5.41, 5.74) is 1.28. The van der Waals surface area contributed by atoms with Crippen molar-refractivity contribution in [2.24, 2.45) is 0 Å². The van der Waals surface area contributed by atoms with Gasteiger partial charge in [0.1, 0.15) is 0 Å². The molecule has 0 atom stereocenters. The monoisotopic (exact) mass is 495 g/mol. The second-order valence-electron chi connectivity index (χ2n) is 7.53. The lowest BCUT2D eigenvalue weighted by atomic mass is 9.99. The topological polar surface area (TPSA) is 54.5 Å². The highest BCUT2D eigenvalue weighted by molar-refractivity contribution is 7.90. The lowest BCUT2D eigenvalue weighted by Gasteiger charge is -2.24. The molecule has 0 saturated heterocycles. The molecule has 0 aliphatic rings. The molecule has 0 unspecified atom stereocenters. The molecule has 0 radical (unpaired) electrons. The smallest absolute Gasteiger partial charge is 0.344 e. The summed E-state index contributed by atoms with van der Waals surface area (Å²) in [6, 6.07) is 14.5. The number of aryl methyl sites for hydroxylation is 1. The number of sulfone groups is 1. The van der Waals surface area contributed by atoms with Crippen molar-refractivity contribution in [3.8, 4) is 11.1 Å². The SMILES string of the molecule is CCc1cc(N(C)c2ccc(-c3ccccc3C(F)(F)F)cc2)c(S(C)(=O)=O)cc1C(=O)Cl. The molecule has 174 valence electrons. The fraction of sp³-hybridized carbons (Fsp3) is 0.208. The first-order chi connectivity index (χ1) is 15.3. The van der Waals surface area contributed by atoms with Crippen LogP contribution in [-0.4, -0.2) is 27.0 Å². The van der Waals surface area contributed by atoms with Crippen molar-refractivity contribution in [1.82, 2.24) is 0 Å². The molecule has 0 amide bonds. The lowest BCUT2D eigenvalue weighted by molar-refractivity contribution is -0.137. The molecule has 0 saturated carbocycles. The molecule has 0 fully saturated rings. The van der Waals surface area contributed by atoms with Crippen molar-refractivity contribution in [1.29, 1.82) is 0 Å². The van der Waals surface area contributed by atoms with Gasteiger partial charge in [0, 0.05) is 24.6 Å². The van der Waals surface area contributed by atoms with Gasteiger partial charge in [-0.05, 0) is 65.0 Å². The third-order valence-electron chi connectivity index (χ3n) is 5.34. The van der Waals surface area contributed by atoms with Gasteiger partial charge in [-0.1, -0.05) is 37.3 Å². The minimum atomic E-state index is -4.49. The summed E-state index contributed by atoms with van der Waals surface area (Å²) in [5.74, 6) is 0. The molecule has 3 aromatic carbocycles. The van der Waals surface area contributed by atoms with Gasteiger partial charge in [-0.3, -0.25) is 4.79 Å². The summed E-state index contributed by atoms with van der Waals surface area (Å²) in [5, 5.41) is -0.751. The molecule has 3 rings (SSSR count). The predicted molar refractivity (Wildman–Crippen MR) is 124 cm³/mol. The van der Waals surface area contributed by atoms with Crippen LogP contribution in [0.25, 0.3) is 11.1 Å². The molecule has 0 heterocycles. The number of halogens is 4. The van der Waals surface area contributed by atoms with Gasteiger partial charge in [-0.25, -0.2) is 8.42 Å². The van der Waals surface area contributed by atoms with E-state index in [-0.39, 0.29) is 16.0 Å². The second kappa shape index (κ2) is 9.19. The first-order valence-electron chi connectivity index (χ1n) is 9.91. The predicted octanol–water partition coefficient (Wildman–Crippen LogP) is 6.49. The van der Waals surface area contributed by atoms with Gasteiger partial charge in [0.25, 0.3) is 5.24 Å². The summed E-state index contributed by atoms with van der Waals surface area (Å²) < 4.78 is 65.0. The maximum Gasteiger partial charge on any atom is 0.417 e. The maximum atomic E-state index is 13.4. The normalized spacial score (nSPS) is 12.0. The Kier molecular flexibility index (Phi) is 6.91. The summed E-state index contributed by atoms with van der Waals surface area (Å²) in [4.78, 5) is 13.3. The van der Waals surface area contributed by atoms with Gasteiger partial charge >= 0.3 is 6.18 Å². The zero-order valence-electron chi connectivity index (χ0n) is 18.1. The molecule has 3 aromatic rings. The van der Waals surface area contributed by atoms with Crippen LogP contribution in [0.2, 0.25) is 0 Å². The van der Waals surface area contributed by atoms with E-state index in [2.05, 4.69) is 0 Å². The first-order valence-corrected chi connectivity index (χ1v) is 12.2. The second-order valence-corrected chi connectivity index (χ2v) is 9.85. The standard InChI is InChI=1S/C24H21ClF3NO3S/c1-4-15-13-21(22(33(3,31)32)14-19(15)23(25)30)29(2)17-11-9-16(10-12-17)18-7-5-6-8-20(18)24(26,27)28/h5-14H,4H2,1-3H3. The molecule has 4 nitrogen and oxygen atoms in total. The highest BCUT2D eigenvalue weighted by Gasteiger charge is 2.33. The molecule has 0 N–H and O–H groups in total. The van der Waals surface area contributed by atoms with E-state index < -0.39 is 26.8 Å². The molecule has 0 aromatic heterocycles. The van der Waals surface area contributed by atoms with Crippen LogP contribution in [0.3, 0.4) is 0 Å². The van der Waals surface area contributed by atoms with E-state index in [4.69, 9.17) is 11.6 Å². The third-order valence-corrected chi connectivity index (χ3v) is 6.67. The van der Waals surface area contributed by atoms with Gasteiger partial charge < -0.3 is 4.90 Å². The number of alkyl halides is 3. The van der Waals surface area contributed by atoms with E-state index in [1.165, 1.54) is 24.3 Å². The van der Waals surface area contributed by atoms with Gasteiger partial charge in [-0.15, -0.1) is 0 Å². The largest absolute Gasteiger partial charge is 0.417 e. The number of rotatable bonds is 6. The highest BCUT2D eigenvalue weighted by Crippen LogP contribution is 2.38. The Morgan fingerprint density at radius 2 is 1.64 bits per heavy atom. The summed E-state index contributed by atoms with van der Waals surface area (Å²) in [6.07, 6.45) is -3.01. The van der Waals surface area contributed by atoms with Crippen LogP contribution in [-0.2, 0) is 22.4 Å². The van der Waals surface area contributed by atoms with Crippen molar-refractivity contribution < 1.29 is 26.4 Å². The number of carbonyl (C=O) groups excluding carboxylic acids is 1. The minimum absolute atomic E-state index is 0.0503. The van der Waals surface area contributed by atoms with Crippen LogP contribution in [0.1, 0.15) is 28.4 Å². The van der Waals surface area contributed by atoms with Crippen molar-refractivity contribution in [3.63, 3.8) is 0 Å². The summed E-state index contributed by atoms with van der Waals surface area (Å²) >= 11 is 5.65. The lowest BCUT2D eigenvalue weighted by Crippen LogP contribution is -2.15. The van der Waals surface area contributed by atoms with Gasteiger partial charge in [0.05, 0.1) is 16.1 Å². The fourth-order valence-corrected chi connectivity index (χ4v) is 4.72. The average molecular weight is 496 g/mol. The zero-order chi connectivity index (χ0) is 24.6. The molecule has 9 heteroatoms. The number of hydrogen-bond donors (Lipinski definition) is 0. The first kappa shape index (κ1) is 24.8. The Balaban J connectivity index is 2.09. The fourth-order valence-electron chi connectivity index (χ4n) is 3.63.